The summed E-state index contributed by atoms with van der Waals surface area (Å²) in [6, 6.07) is 5.32. The Balaban J connectivity index is 2.23. The van der Waals surface area contributed by atoms with Crippen LogP contribution in [0.1, 0.15) is 32.6 Å². The maximum absolute atomic E-state index is 12.9. The summed E-state index contributed by atoms with van der Waals surface area (Å²) in [4.78, 5) is 22.3. The van der Waals surface area contributed by atoms with Gasteiger partial charge < -0.3 is 4.65 Å². The van der Waals surface area contributed by atoms with Crippen LogP contribution >= 0.6 is 0 Å². The summed E-state index contributed by atoms with van der Waals surface area (Å²) >= 11 is 0. The fourth-order valence-corrected chi connectivity index (χ4v) is 5.06. The van der Waals surface area contributed by atoms with Gasteiger partial charge in [-0.25, -0.2) is 8.42 Å². The number of nitro benzene ring substituents is 1. The number of carbonyl (C=O) groups excluding carboxylic acids is 1. The molecule has 2 atom stereocenters. The highest BCUT2D eigenvalue weighted by atomic mass is 32.2. The first-order chi connectivity index (χ1) is 12.3. The van der Waals surface area contributed by atoms with Gasteiger partial charge in [0.05, 0.1) is 10.8 Å². The highest BCUT2D eigenvalue weighted by molar-refractivity contribution is 7.89. The van der Waals surface area contributed by atoms with E-state index in [0.29, 0.717) is 12.8 Å². The normalized spacial score (nSPS) is 19.2. The van der Waals surface area contributed by atoms with Gasteiger partial charge in [-0.05, 0) is 24.8 Å². The maximum Gasteiger partial charge on any atom is 0.325 e. The summed E-state index contributed by atoms with van der Waals surface area (Å²) < 4.78 is 31.9. The van der Waals surface area contributed by atoms with E-state index in [4.69, 9.17) is 4.65 Å². The van der Waals surface area contributed by atoms with Gasteiger partial charge in [-0.1, -0.05) is 31.9 Å². The molecule has 0 bridgehead atoms. The summed E-state index contributed by atoms with van der Waals surface area (Å²) in [6.07, 6.45) is 2.96. The topological polar surface area (TPSA) is 107 Å². The van der Waals surface area contributed by atoms with Gasteiger partial charge in [-0.15, -0.1) is 0 Å². The molecule has 10 heteroatoms. The van der Waals surface area contributed by atoms with Crippen LogP contribution in [0.25, 0.3) is 0 Å². The summed E-state index contributed by atoms with van der Waals surface area (Å²) in [5.74, 6) is -0.828. The second-order valence-electron chi connectivity index (χ2n) is 6.41. The lowest BCUT2D eigenvalue weighted by molar-refractivity contribution is -0.387. The number of benzene rings is 1. The first-order valence-corrected chi connectivity index (χ1v) is 10.1. The van der Waals surface area contributed by atoms with Crippen LogP contribution in [-0.2, 0) is 19.5 Å². The molecule has 1 aromatic carbocycles. The molecule has 0 aliphatic carbocycles. The number of para-hydroxylation sites is 1. The number of carbonyl (C=O) groups is 1. The molecule has 0 N–H and O–H groups in total. The Labute approximate surface area is 154 Å². The summed E-state index contributed by atoms with van der Waals surface area (Å²) in [5, 5.41) is 11.2. The van der Waals surface area contributed by atoms with E-state index in [9.17, 15) is 23.3 Å². The van der Waals surface area contributed by atoms with E-state index < -0.39 is 20.6 Å². The number of hydrogen-bond acceptors (Lipinski definition) is 6. The number of nitrogens with zero attached hydrogens (tertiary/aromatic N) is 2. The minimum absolute atomic E-state index is 0.147. The van der Waals surface area contributed by atoms with Gasteiger partial charge in [0.1, 0.15) is 0 Å². The van der Waals surface area contributed by atoms with E-state index >= 15 is 0 Å². The van der Waals surface area contributed by atoms with Gasteiger partial charge in [0, 0.05) is 19.2 Å². The zero-order chi connectivity index (χ0) is 19.3. The van der Waals surface area contributed by atoms with E-state index in [1.807, 2.05) is 6.92 Å². The number of unbranched alkanes of at least 4 members (excludes halogenated alkanes) is 1. The molecule has 26 heavy (non-hydrogen) atoms. The van der Waals surface area contributed by atoms with E-state index in [1.54, 1.807) is 0 Å². The highest BCUT2D eigenvalue weighted by Crippen LogP contribution is 2.34. The summed E-state index contributed by atoms with van der Waals surface area (Å²) in [5.41, 5.74) is -0.438. The molecule has 0 saturated carbocycles. The molecule has 2 rings (SSSR count). The van der Waals surface area contributed by atoms with Crippen molar-refractivity contribution in [3.8, 4) is 0 Å². The molecule has 1 aliphatic rings. The van der Waals surface area contributed by atoms with Gasteiger partial charge in [0.25, 0.3) is 11.7 Å². The van der Waals surface area contributed by atoms with Crippen LogP contribution in [0.4, 0.5) is 5.69 Å². The van der Waals surface area contributed by atoms with Crippen molar-refractivity contribution in [2.75, 3.05) is 13.1 Å². The van der Waals surface area contributed by atoms with Crippen molar-refractivity contribution in [1.29, 1.82) is 0 Å². The van der Waals surface area contributed by atoms with Crippen LogP contribution in [0.2, 0.25) is 0 Å². The minimum atomic E-state index is -3.99. The lowest BCUT2D eigenvalue weighted by atomic mass is 9.87. The number of nitro groups is 1. The Morgan fingerprint density at radius 3 is 2.77 bits per heavy atom. The largest absolute Gasteiger partial charge is 0.543 e. The zero-order valence-electron chi connectivity index (χ0n) is 15.0. The lowest BCUT2D eigenvalue weighted by Gasteiger charge is -2.22. The van der Waals surface area contributed by atoms with Gasteiger partial charge in [-0.2, -0.15) is 4.31 Å². The van der Waals surface area contributed by atoms with Crippen LogP contribution in [0.15, 0.2) is 29.2 Å². The summed E-state index contributed by atoms with van der Waals surface area (Å²) in [6.45, 7) is 2.42. The quantitative estimate of drug-likeness (QED) is 0.383. The van der Waals surface area contributed by atoms with Crippen LogP contribution in [0.3, 0.4) is 0 Å². The number of hydrogen-bond donors (Lipinski definition) is 0. The molecule has 1 unspecified atom stereocenters. The number of sulfonamides is 1. The minimum Gasteiger partial charge on any atom is -0.543 e. The van der Waals surface area contributed by atoms with Crippen molar-refractivity contribution in [3.63, 3.8) is 0 Å². The molecule has 1 fully saturated rings. The van der Waals surface area contributed by atoms with Crippen molar-refractivity contribution in [1.82, 2.24) is 4.31 Å². The van der Waals surface area contributed by atoms with Crippen LogP contribution in [0, 0.1) is 22.0 Å². The Bertz CT molecular complexity index is 770. The van der Waals surface area contributed by atoms with Gasteiger partial charge in [0.15, 0.2) is 4.90 Å². The molecule has 1 aliphatic heterocycles. The van der Waals surface area contributed by atoms with Crippen molar-refractivity contribution < 1.29 is 22.8 Å². The average Bonchev–Trinajstić information content (AvgIpc) is 3.12. The van der Waals surface area contributed by atoms with Gasteiger partial charge in [-0.3, -0.25) is 14.9 Å². The highest BCUT2D eigenvalue weighted by Gasteiger charge is 2.40. The van der Waals surface area contributed by atoms with Crippen molar-refractivity contribution in [2.24, 2.45) is 11.8 Å². The SMILES string of the molecule is BOC(=O)C(CCCC)[C@H]1CCN(S(=O)(=O)c2ccccc2[N+](=O)[O-])C1. The number of rotatable bonds is 8. The lowest BCUT2D eigenvalue weighted by Crippen LogP contribution is -2.32. The third-order valence-corrected chi connectivity index (χ3v) is 6.72. The maximum atomic E-state index is 12.9. The second-order valence-corrected chi connectivity index (χ2v) is 8.31. The predicted molar refractivity (Wildman–Crippen MR) is 97.6 cm³/mol. The van der Waals surface area contributed by atoms with Gasteiger partial charge in [0.2, 0.25) is 10.0 Å². The standard InChI is InChI=1S/C16H23BN2O6S/c1-2-3-6-13(16(20)25-17)12-9-10-18(11-12)26(23,24)15-8-5-4-7-14(15)19(21)22/h4-5,7-8,12-13H,2-3,6,9-11,17H2,1H3/t12-,13?/m0/s1. The Kier molecular flexibility index (Phi) is 6.77. The monoisotopic (exact) mass is 382 g/mol. The van der Waals surface area contributed by atoms with Crippen molar-refractivity contribution >= 4 is 29.7 Å². The zero-order valence-corrected chi connectivity index (χ0v) is 15.8. The third kappa shape index (κ3) is 4.24. The molecule has 0 amide bonds. The molecule has 1 aromatic rings. The van der Waals surface area contributed by atoms with Crippen LogP contribution in [0.5, 0.6) is 0 Å². The fraction of sp³-hybridized carbons (Fsp3) is 0.562. The van der Waals surface area contributed by atoms with E-state index in [0.717, 1.165) is 12.8 Å². The average molecular weight is 382 g/mol. The van der Waals surface area contributed by atoms with E-state index in [-0.39, 0.29) is 35.8 Å². The second kappa shape index (κ2) is 8.63. The van der Waals surface area contributed by atoms with Crippen LogP contribution < -0.4 is 0 Å². The molecular formula is C16H23BN2O6S. The fourth-order valence-electron chi connectivity index (χ4n) is 3.39. The molecular weight excluding hydrogens is 359 g/mol. The molecule has 142 valence electrons. The first-order valence-electron chi connectivity index (χ1n) is 8.64. The molecule has 0 radical (unpaired) electrons. The van der Waals surface area contributed by atoms with Gasteiger partial charge >= 0.3 is 8.05 Å². The molecule has 0 spiro atoms. The van der Waals surface area contributed by atoms with Crippen molar-refractivity contribution in [3.05, 3.63) is 34.4 Å². The third-order valence-electron chi connectivity index (χ3n) is 4.81. The van der Waals surface area contributed by atoms with E-state index in [1.165, 1.54) is 36.6 Å². The smallest absolute Gasteiger partial charge is 0.325 e. The Hall–Kier alpha value is -1.94. The molecule has 1 heterocycles. The van der Waals surface area contributed by atoms with Crippen molar-refractivity contribution in [2.45, 2.75) is 37.5 Å². The Morgan fingerprint density at radius 2 is 2.15 bits per heavy atom. The Morgan fingerprint density at radius 1 is 1.46 bits per heavy atom. The van der Waals surface area contributed by atoms with E-state index in [2.05, 4.69) is 0 Å². The van der Waals surface area contributed by atoms with Crippen LogP contribution in [-0.4, -0.2) is 44.8 Å². The molecule has 0 aromatic heterocycles. The summed E-state index contributed by atoms with van der Waals surface area (Å²) in [7, 11) is -2.66. The predicted octanol–water partition coefficient (Wildman–Crippen LogP) is 1.50. The first kappa shape index (κ1) is 20.4. The molecule has 8 nitrogen and oxygen atoms in total. The molecule has 1 saturated heterocycles.